The van der Waals surface area contributed by atoms with E-state index in [0.717, 1.165) is 12.1 Å². The van der Waals surface area contributed by atoms with Crippen LogP contribution in [0.25, 0.3) is 0 Å². The number of nitrogens with two attached hydrogens (primary N) is 1. The summed E-state index contributed by atoms with van der Waals surface area (Å²) in [5.41, 5.74) is 2.64. The molecule has 0 atom stereocenters. The van der Waals surface area contributed by atoms with Gasteiger partial charge in [0.25, 0.3) is 0 Å². The molecule has 0 aliphatic heterocycles. The van der Waals surface area contributed by atoms with E-state index in [0.29, 0.717) is 10.2 Å². The van der Waals surface area contributed by atoms with Gasteiger partial charge in [-0.25, -0.2) is 5.84 Å². The summed E-state index contributed by atoms with van der Waals surface area (Å²) in [5, 5.41) is 2.80. The van der Waals surface area contributed by atoms with Gasteiger partial charge in [-0.1, -0.05) is 0 Å². The standard InChI is InChI=1S/C8H7BrF3N3OS/c9-5-3-4(16-8(10,11)12)1-2-6(5)14-7(17)15-13/h1-3H,13H2,(H2,14,15,17). The molecule has 4 nitrogen and oxygen atoms in total. The molecular weight excluding hydrogens is 323 g/mol. The van der Waals surface area contributed by atoms with Crippen LogP contribution in [-0.4, -0.2) is 11.5 Å². The van der Waals surface area contributed by atoms with Crippen LogP contribution in [0.15, 0.2) is 22.7 Å². The molecule has 9 heteroatoms. The number of halogens is 4. The molecule has 1 rings (SSSR count). The molecule has 0 unspecified atom stereocenters. The second kappa shape index (κ2) is 5.52. The highest BCUT2D eigenvalue weighted by atomic mass is 79.9. The van der Waals surface area contributed by atoms with E-state index in [1.54, 1.807) is 0 Å². The molecule has 4 N–H and O–H groups in total. The van der Waals surface area contributed by atoms with Crippen molar-refractivity contribution in [3.8, 4) is 5.75 Å². The summed E-state index contributed by atoms with van der Waals surface area (Å²) in [4.78, 5) is 0. The topological polar surface area (TPSA) is 59.3 Å². The first-order chi connectivity index (χ1) is 7.81. The average Bonchev–Trinajstić information content (AvgIpc) is 2.19. The van der Waals surface area contributed by atoms with Crippen LogP contribution in [0, 0.1) is 0 Å². The van der Waals surface area contributed by atoms with E-state index in [-0.39, 0.29) is 10.9 Å². The van der Waals surface area contributed by atoms with Gasteiger partial charge in [0.1, 0.15) is 5.75 Å². The van der Waals surface area contributed by atoms with Crippen molar-refractivity contribution in [3.63, 3.8) is 0 Å². The van der Waals surface area contributed by atoms with Crippen molar-refractivity contribution >= 4 is 38.9 Å². The van der Waals surface area contributed by atoms with Crippen LogP contribution in [0.3, 0.4) is 0 Å². The third-order valence-electron chi connectivity index (χ3n) is 1.55. The fraction of sp³-hybridized carbons (Fsp3) is 0.125. The number of thiocarbonyl (C=S) groups is 1. The molecule has 0 saturated heterocycles. The molecule has 0 amide bonds. The van der Waals surface area contributed by atoms with Gasteiger partial charge in [-0.3, -0.25) is 0 Å². The lowest BCUT2D eigenvalue weighted by Crippen LogP contribution is -2.34. The molecular formula is C8H7BrF3N3OS. The molecule has 0 bridgehead atoms. The highest BCUT2D eigenvalue weighted by Crippen LogP contribution is 2.30. The Hall–Kier alpha value is -1.06. The Morgan fingerprint density at radius 1 is 1.41 bits per heavy atom. The van der Waals surface area contributed by atoms with Gasteiger partial charge in [0.05, 0.1) is 5.69 Å². The predicted molar refractivity (Wildman–Crippen MR) is 64.4 cm³/mol. The monoisotopic (exact) mass is 329 g/mol. The Morgan fingerprint density at radius 2 is 2.06 bits per heavy atom. The summed E-state index contributed by atoms with van der Waals surface area (Å²) in [6, 6.07) is 3.68. The van der Waals surface area contributed by atoms with Gasteiger partial charge in [0.15, 0.2) is 5.11 Å². The van der Waals surface area contributed by atoms with Gasteiger partial charge in [0, 0.05) is 4.47 Å². The fourth-order valence-corrected chi connectivity index (χ4v) is 1.52. The lowest BCUT2D eigenvalue weighted by atomic mass is 10.3. The summed E-state index contributed by atoms with van der Waals surface area (Å²) in [7, 11) is 0. The highest BCUT2D eigenvalue weighted by molar-refractivity contribution is 9.10. The quantitative estimate of drug-likeness (QED) is 0.442. The smallest absolute Gasteiger partial charge is 0.406 e. The van der Waals surface area contributed by atoms with E-state index in [1.165, 1.54) is 6.07 Å². The molecule has 17 heavy (non-hydrogen) atoms. The number of hydrogen-bond donors (Lipinski definition) is 3. The largest absolute Gasteiger partial charge is 0.573 e. The van der Waals surface area contributed by atoms with Crippen molar-refractivity contribution in [2.45, 2.75) is 6.36 Å². The van der Waals surface area contributed by atoms with E-state index < -0.39 is 6.36 Å². The first kappa shape index (κ1) is 14.0. The number of alkyl halides is 3. The van der Waals surface area contributed by atoms with Crippen molar-refractivity contribution in [3.05, 3.63) is 22.7 Å². The summed E-state index contributed by atoms with van der Waals surface area (Å²) in [5.74, 6) is 4.71. The minimum atomic E-state index is -4.72. The fourth-order valence-electron chi connectivity index (χ4n) is 0.953. The number of nitrogens with one attached hydrogen (secondary N) is 2. The summed E-state index contributed by atoms with van der Waals surface area (Å²) in [6.45, 7) is 0. The molecule has 0 aliphatic carbocycles. The minimum absolute atomic E-state index is 0.134. The van der Waals surface area contributed by atoms with Crippen LogP contribution in [0.5, 0.6) is 5.75 Å². The molecule has 94 valence electrons. The first-order valence-corrected chi connectivity index (χ1v) is 5.35. The molecule has 0 fully saturated rings. The SMILES string of the molecule is NNC(=S)Nc1ccc(OC(F)(F)F)cc1Br. The number of anilines is 1. The number of rotatable bonds is 2. The van der Waals surface area contributed by atoms with E-state index in [1.807, 2.05) is 0 Å². The normalized spacial score (nSPS) is 10.9. The summed E-state index contributed by atoms with van der Waals surface area (Å²) in [6.07, 6.45) is -4.72. The third kappa shape index (κ3) is 4.75. The molecule has 0 saturated carbocycles. The maximum Gasteiger partial charge on any atom is 0.573 e. The summed E-state index contributed by atoms with van der Waals surface area (Å²) >= 11 is 7.81. The molecule has 0 spiro atoms. The van der Waals surface area contributed by atoms with Crippen LogP contribution in [-0.2, 0) is 0 Å². The number of hydrazine groups is 1. The van der Waals surface area contributed by atoms with Gasteiger partial charge < -0.3 is 15.5 Å². The van der Waals surface area contributed by atoms with Crippen LogP contribution < -0.4 is 21.3 Å². The Bertz CT molecular complexity index is 427. The van der Waals surface area contributed by atoms with Crippen LogP contribution in [0.4, 0.5) is 18.9 Å². The highest BCUT2D eigenvalue weighted by Gasteiger charge is 2.31. The molecule has 1 aromatic carbocycles. The molecule has 1 aromatic rings. The predicted octanol–water partition coefficient (Wildman–Crippen LogP) is 2.51. The molecule has 0 radical (unpaired) electrons. The van der Waals surface area contributed by atoms with Gasteiger partial charge >= 0.3 is 6.36 Å². The number of ether oxygens (including phenoxy) is 1. The zero-order chi connectivity index (χ0) is 13.1. The zero-order valence-corrected chi connectivity index (χ0v) is 10.5. The van der Waals surface area contributed by atoms with E-state index in [9.17, 15) is 13.2 Å². The Kier molecular flexibility index (Phi) is 4.54. The lowest BCUT2D eigenvalue weighted by Gasteiger charge is -2.12. The van der Waals surface area contributed by atoms with E-state index in [4.69, 9.17) is 18.1 Å². The third-order valence-corrected chi connectivity index (χ3v) is 2.43. The van der Waals surface area contributed by atoms with E-state index >= 15 is 0 Å². The maximum atomic E-state index is 11.9. The Labute approximate surface area is 108 Å². The van der Waals surface area contributed by atoms with Crippen molar-refractivity contribution in [1.82, 2.24) is 5.43 Å². The molecule has 0 aromatic heterocycles. The minimum Gasteiger partial charge on any atom is -0.406 e. The van der Waals surface area contributed by atoms with Gasteiger partial charge in [-0.15, -0.1) is 13.2 Å². The molecule has 0 heterocycles. The van der Waals surface area contributed by atoms with Crippen molar-refractivity contribution in [1.29, 1.82) is 0 Å². The lowest BCUT2D eigenvalue weighted by molar-refractivity contribution is -0.274. The maximum absolute atomic E-state index is 11.9. The first-order valence-electron chi connectivity index (χ1n) is 4.15. The zero-order valence-electron chi connectivity index (χ0n) is 8.14. The number of hydrogen-bond acceptors (Lipinski definition) is 3. The van der Waals surface area contributed by atoms with Crippen LogP contribution in [0.1, 0.15) is 0 Å². The van der Waals surface area contributed by atoms with Gasteiger partial charge in [-0.05, 0) is 46.3 Å². The molecule has 0 aliphatic rings. The van der Waals surface area contributed by atoms with Crippen molar-refractivity contribution in [2.24, 2.45) is 5.84 Å². The number of benzene rings is 1. The van der Waals surface area contributed by atoms with Gasteiger partial charge in [0.2, 0.25) is 0 Å². The summed E-state index contributed by atoms with van der Waals surface area (Å²) < 4.78 is 39.9. The van der Waals surface area contributed by atoms with Crippen molar-refractivity contribution in [2.75, 3.05) is 5.32 Å². The second-order valence-corrected chi connectivity index (χ2v) is 4.05. The Balaban J connectivity index is 2.83. The van der Waals surface area contributed by atoms with Crippen LogP contribution in [0.2, 0.25) is 0 Å². The van der Waals surface area contributed by atoms with Crippen LogP contribution >= 0.6 is 28.1 Å². The van der Waals surface area contributed by atoms with Crippen molar-refractivity contribution < 1.29 is 17.9 Å². The van der Waals surface area contributed by atoms with Gasteiger partial charge in [-0.2, -0.15) is 0 Å². The average molecular weight is 330 g/mol. The van der Waals surface area contributed by atoms with E-state index in [2.05, 4.69) is 31.4 Å². The second-order valence-electron chi connectivity index (χ2n) is 2.79. The Morgan fingerprint density at radius 3 is 2.53 bits per heavy atom.